The Labute approximate surface area is 173 Å². The van der Waals surface area contributed by atoms with Crippen molar-refractivity contribution in [3.05, 3.63) is 59.7 Å². The molecule has 0 saturated carbocycles. The van der Waals surface area contributed by atoms with Crippen molar-refractivity contribution in [2.45, 2.75) is 32.6 Å². The van der Waals surface area contributed by atoms with Crippen molar-refractivity contribution in [2.24, 2.45) is 0 Å². The Balaban J connectivity index is 1.76. The first-order chi connectivity index (χ1) is 13.8. The molecule has 1 amide bonds. The average Bonchev–Trinajstić information content (AvgIpc) is 2.69. The topological polar surface area (TPSA) is 75.7 Å². The minimum atomic E-state index is -3.45. The molecule has 0 radical (unpaired) electrons. The molecule has 0 aliphatic heterocycles. The molecule has 2 aromatic rings. The molecule has 0 saturated heterocycles. The summed E-state index contributed by atoms with van der Waals surface area (Å²) in [4.78, 5) is 12.1. The Hall–Kier alpha value is -2.54. The maximum absolute atomic E-state index is 12.2. The van der Waals surface area contributed by atoms with E-state index in [4.69, 9.17) is 4.74 Å². The number of rotatable bonds is 11. The van der Waals surface area contributed by atoms with Crippen LogP contribution in [0.15, 0.2) is 48.5 Å². The number of sulfonamides is 1. The molecule has 0 aliphatic rings. The van der Waals surface area contributed by atoms with Crippen LogP contribution in [0.2, 0.25) is 0 Å². The summed E-state index contributed by atoms with van der Waals surface area (Å²) in [5, 5.41) is 2.91. The summed E-state index contributed by atoms with van der Waals surface area (Å²) in [6.07, 6.45) is 3.67. The molecule has 0 unspecified atom stereocenters. The molecule has 0 heterocycles. The second kappa shape index (κ2) is 10.9. The third-order valence-corrected chi connectivity index (χ3v) is 5.79. The van der Waals surface area contributed by atoms with Gasteiger partial charge in [0.15, 0.2) is 0 Å². The number of carbonyl (C=O) groups excluding carboxylic acids is 1. The minimum Gasteiger partial charge on any atom is -0.497 e. The van der Waals surface area contributed by atoms with Gasteiger partial charge in [-0.15, -0.1) is 0 Å². The third-order valence-electron chi connectivity index (χ3n) is 4.59. The standard InChI is InChI=1S/C22H30N2O4S/c1-18-11-13-19(14-12-18)7-5-15-23-22(25)10-6-16-24(29(3,26)27)20-8-4-9-21(17-20)28-2/h4,8-9,11-14,17H,5-7,10,15-16H2,1-3H3,(H,23,25). The van der Waals surface area contributed by atoms with Crippen LogP contribution < -0.4 is 14.4 Å². The van der Waals surface area contributed by atoms with E-state index in [0.717, 1.165) is 19.1 Å². The zero-order chi connectivity index (χ0) is 21.3. The van der Waals surface area contributed by atoms with E-state index in [-0.39, 0.29) is 18.9 Å². The Morgan fingerprint density at radius 1 is 1.10 bits per heavy atom. The summed E-state index contributed by atoms with van der Waals surface area (Å²) in [5.74, 6) is 0.524. The van der Waals surface area contributed by atoms with E-state index in [9.17, 15) is 13.2 Å². The van der Waals surface area contributed by atoms with Crippen molar-refractivity contribution in [1.29, 1.82) is 0 Å². The lowest BCUT2D eigenvalue weighted by Crippen LogP contribution is -2.32. The van der Waals surface area contributed by atoms with Crippen molar-refractivity contribution < 1.29 is 17.9 Å². The summed E-state index contributed by atoms with van der Waals surface area (Å²) < 4.78 is 30.8. The highest BCUT2D eigenvalue weighted by molar-refractivity contribution is 7.92. The van der Waals surface area contributed by atoms with Crippen LogP contribution in [0, 0.1) is 6.92 Å². The number of methoxy groups -OCH3 is 1. The summed E-state index contributed by atoms with van der Waals surface area (Å²) in [6, 6.07) is 15.3. The fourth-order valence-electron chi connectivity index (χ4n) is 3.00. The Kier molecular flexibility index (Phi) is 8.51. The molecule has 7 heteroatoms. The van der Waals surface area contributed by atoms with Crippen molar-refractivity contribution in [2.75, 3.05) is 30.8 Å². The third kappa shape index (κ3) is 7.77. The first-order valence-corrected chi connectivity index (χ1v) is 11.6. The zero-order valence-corrected chi connectivity index (χ0v) is 18.2. The lowest BCUT2D eigenvalue weighted by atomic mass is 10.1. The van der Waals surface area contributed by atoms with Crippen LogP contribution in [0.3, 0.4) is 0 Å². The van der Waals surface area contributed by atoms with E-state index in [1.165, 1.54) is 22.5 Å². The van der Waals surface area contributed by atoms with Crippen LogP contribution >= 0.6 is 0 Å². The van der Waals surface area contributed by atoms with E-state index < -0.39 is 10.0 Å². The van der Waals surface area contributed by atoms with Crippen molar-refractivity contribution in [3.8, 4) is 5.75 Å². The van der Waals surface area contributed by atoms with Crippen molar-refractivity contribution in [3.63, 3.8) is 0 Å². The fraction of sp³-hybridized carbons (Fsp3) is 0.409. The lowest BCUT2D eigenvalue weighted by Gasteiger charge is -2.22. The van der Waals surface area contributed by atoms with Gasteiger partial charge in [-0.25, -0.2) is 8.42 Å². The molecule has 0 spiro atoms. The summed E-state index contributed by atoms with van der Waals surface area (Å²) in [5.41, 5.74) is 3.02. The number of nitrogens with zero attached hydrogens (tertiary/aromatic N) is 1. The predicted molar refractivity (Wildman–Crippen MR) is 117 cm³/mol. The van der Waals surface area contributed by atoms with Crippen molar-refractivity contribution >= 4 is 21.6 Å². The van der Waals surface area contributed by atoms with Crippen LogP contribution in [0.5, 0.6) is 5.75 Å². The highest BCUT2D eigenvalue weighted by Crippen LogP contribution is 2.23. The van der Waals surface area contributed by atoms with E-state index in [2.05, 4.69) is 36.5 Å². The second-order valence-corrected chi connectivity index (χ2v) is 8.99. The Morgan fingerprint density at radius 2 is 1.83 bits per heavy atom. The first kappa shape index (κ1) is 22.7. The normalized spacial score (nSPS) is 11.1. The molecule has 0 fully saturated rings. The molecule has 0 bridgehead atoms. The highest BCUT2D eigenvalue weighted by atomic mass is 32.2. The smallest absolute Gasteiger partial charge is 0.232 e. The predicted octanol–water partition coefficient (Wildman–Crippen LogP) is 3.30. The molecule has 0 atom stereocenters. The summed E-state index contributed by atoms with van der Waals surface area (Å²) >= 11 is 0. The van der Waals surface area contributed by atoms with Gasteiger partial charge in [0.2, 0.25) is 15.9 Å². The van der Waals surface area contributed by atoms with Gasteiger partial charge in [0.25, 0.3) is 0 Å². The molecule has 29 heavy (non-hydrogen) atoms. The summed E-state index contributed by atoms with van der Waals surface area (Å²) in [6.45, 7) is 2.91. The molecule has 158 valence electrons. The van der Waals surface area contributed by atoms with Gasteiger partial charge in [-0.3, -0.25) is 9.10 Å². The largest absolute Gasteiger partial charge is 0.497 e. The number of aryl methyl sites for hydroxylation is 2. The Bertz CT molecular complexity index is 895. The van der Waals surface area contributed by atoms with Crippen LogP contribution in [0.25, 0.3) is 0 Å². The number of amides is 1. The summed E-state index contributed by atoms with van der Waals surface area (Å²) in [7, 11) is -1.91. The van der Waals surface area contributed by atoms with Crippen LogP contribution in [0.4, 0.5) is 5.69 Å². The number of benzene rings is 2. The number of nitrogens with one attached hydrogen (secondary N) is 1. The van der Waals surface area contributed by atoms with Crippen molar-refractivity contribution in [1.82, 2.24) is 5.32 Å². The van der Waals surface area contributed by atoms with Gasteiger partial charge in [-0.1, -0.05) is 35.9 Å². The van der Waals surface area contributed by atoms with Gasteiger partial charge >= 0.3 is 0 Å². The Morgan fingerprint density at radius 3 is 2.48 bits per heavy atom. The van der Waals surface area contributed by atoms with Gasteiger partial charge in [-0.2, -0.15) is 0 Å². The molecule has 0 aromatic heterocycles. The monoisotopic (exact) mass is 418 g/mol. The molecular weight excluding hydrogens is 388 g/mol. The average molecular weight is 419 g/mol. The number of hydrogen-bond acceptors (Lipinski definition) is 4. The van der Waals surface area contributed by atoms with Crippen LogP contribution in [-0.4, -0.2) is 40.8 Å². The second-order valence-electron chi connectivity index (χ2n) is 7.08. The van der Waals surface area contributed by atoms with Gasteiger partial charge in [-0.05, 0) is 43.9 Å². The van der Waals surface area contributed by atoms with Crippen LogP contribution in [-0.2, 0) is 21.2 Å². The fourth-order valence-corrected chi connectivity index (χ4v) is 3.96. The zero-order valence-electron chi connectivity index (χ0n) is 17.3. The quantitative estimate of drug-likeness (QED) is 0.568. The molecule has 0 aliphatic carbocycles. The number of hydrogen-bond donors (Lipinski definition) is 1. The lowest BCUT2D eigenvalue weighted by molar-refractivity contribution is -0.121. The highest BCUT2D eigenvalue weighted by Gasteiger charge is 2.18. The minimum absolute atomic E-state index is 0.0620. The molecule has 2 aromatic carbocycles. The number of ether oxygens (including phenoxy) is 1. The van der Waals surface area contributed by atoms with E-state index >= 15 is 0 Å². The number of anilines is 1. The van der Waals surface area contributed by atoms with E-state index in [0.29, 0.717) is 24.4 Å². The number of carbonyl (C=O) groups is 1. The van der Waals surface area contributed by atoms with Gasteiger partial charge < -0.3 is 10.1 Å². The first-order valence-electron chi connectivity index (χ1n) is 9.73. The maximum Gasteiger partial charge on any atom is 0.232 e. The molecule has 6 nitrogen and oxygen atoms in total. The van der Waals surface area contributed by atoms with Gasteiger partial charge in [0, 0.05) is 25.6 Å². The molecular formula is C22H30N2O4S. The van der Waals surface area contributed by atoms with Crippen LogP contribution in [0.1, 0.15) is 30.4 Å². The van der Waals surface area contributed by atoms with Gasteiger partial charge in [0.05, 0.1) is 19.1 Å². The molecule has 1 N–H and O–H groups in total. The van der Waals surface area contributed by atoms with Gasteiger partial charge in [0.1, 0.15) is 5.75 Å². The van der Waals surface area contributed by atoms with E-state index in [1.54, 1.807) is 24.3 Å². The SMILES string of the molecule is COc1cccc(N(CCCC(=O)NCCCc2ccc(C)cc2)S(C)(=O)=O)c1. The van der Waals surface area contributed by atoms with E-state index in [1.807, 2.05) is 0 Å². The maximum atomic E-state index is 12.2. The molecule has 2 rings (SSSR count).